The number of hydrogen-bond acceptors (Lipinski definition) is 1. The van der Waals surface area contributed by atoms with Crippen molar-refractivity contribution in [1.82, 2.24) is 0 Å². The zero-order chi connectivity index (χ0) is 9.68. The molecule has 13 heavy (non-hydrogen) atoms. The molecule has 0 amide bonds. The summed E-state index contributed by atoms with van der Waals surface area (Å²) in [4.78, 5) is 0. The fraction of sp³-hybridized carbons (Fsp3) is 0.400. The highest BCUT2D eigenvalue weighted by atomic mass is 35.5. The second-order valence-corrected chi connectivity index (χ2v) is 3.43. The molecule has 0 aliphatic heterocycles. The molecule has 0 aliphatic carbocycles. The van der Waals surface area contributed by atoms with E-state index in [4.69, 9.17) is 27.9 Å². The largest absolute Gasteiger partial charge is 0.492 e. The molecule has 0 heterocycles. The first-order valence-corrected chi connectivity index (χ1v) is 5.19. The Bertz CT molecular complexity index is 274. The first-order valence-electron chi connectivity index (χ1n) is 4.12. The highest BCUT2D eigenvalue weighted by Crippen LogP contribution is 2.21. The highest BCUT2D eigenvalue weighted by Gasteiger charge is 2.01. The Morgan fingerprint density at radius 3 is 2.69 bits per heavy atom. The van der Waals surface area contributed by atoms with Crippen molar-refractivity contribution in [3.63, 3.8) is 0 Å². The Balaban J connectivity index is 2.79. The fourth-order valence-electron chi connectivity index (χ4n) is 1.10. The van der Waals surface area contributed by atoms with Gasteiger partial charge in [0.2, 0.25) is 0 Å². The number of halogens is 2. The zero-order valence-corrected chi connectivity index (χ0v) is 9.03. The third-order valence-electron chi connectivity index (χ3n) is 1.69. The van der Waals surface area contributed by atoms with E-state index in [0.29, 0.717) is 18.4 Å². The van der Waals surface area contributed by atoms with Gasteiger partial charge in [0.25, 0.3) is 0 Å². The zero-order valence-electron chi connectivity index (χ0n) is 7.52. The second-order valence-electron chi connectivity index (χ2n) is 2.78. The van der Waals surface area contributed by atoms with Crippen LogP contribution in [0.3, 0.4) is 0 Å². The van der Waals surface area contributed by atoms with E-state index in [1.165, 1.54) is 5.56 Å². The molecule has 0 N–H and O–H groups in total. The summed E-state index contributed by atoms with van der Waals surface area (Å²) in [7, 11) is 0. The van der Waals surface area contributed by atoms with Crippen LogP contribution >= 0.6 is 23.2 Å². The Hall–Kier alpha value is -0.400. The Kier molecular flexibility index (Phi) is 4.40. The minimum absolute atomic E-state index is 0.472. The maximum absolute atomic E-state index is 5.77. The molecular formula is C10H12Cl2O. The molecule has 0 radical (unpaired) electrons. The molecule has 0 saturated carbocycles. The standard InChI is InChI=1S/C10H12Cl2O/c1-8-2-3-10(13-5-4-11)9(6-8)7-12/h2-3,6H,4-5,7H2,1H3. The predicted octanol–water partition coefficient (Wildman–Crippen LogP) is 3.35. The van der Waals surface area contributed by atoms with Gasteiger partial charge in [0.15, 0.2) is 0 Å². The van der Waals surface area contributed by atoms with E-state index < -0.39 is 0 Å². The van der Waals surface area contributed by atoms with E-state index in [1.54, 1.807) is 0 Å². The van der Waals surface area contributed by atoms with Crippen LogP contribution in [-0.4, -0.2) is 12.5 Å². The molecule has 0 saturated heterocycles. The molecular weight excluding hydrogens is 207 g/mol. The lowest BCUT2D eigenvalue weighted by atomic mass is 10.1. The third kappa shape index (κ3) is 3.09. The first-order chi connectivity index (χ1) is 6.27. The Morgan fingerprint density at radius 1 is 1.31 bits per heavy atom. The summed E-state index contributed by atoms with van der Waals surface area (Å²) in [5.74, 6) is 1.80. The van der Waals surface area contributed by atoms with Gasteiger partial charge in [-0.25, -0.2) is 0 Å². The first kappa shape index (κ1) is 10.7. The average Bonchev–Trinajstić information content (AvgIpc) is 2.16. The monoisotopic (exact) mass is 218 g/mol. The van der Waals surface area contributed by atoms with Gasteiger partial charge in [0.05, 0.1) is 11.8 Å². The highest BCUT2D eigenvalue weighted by molar-refractivity contribution is 6.18. The number of benzene rings is 1. The smallest absolute Gasteiger partial charge is 0.123 e. The van der Waals surface area contributed by atoms with Crippen molar-refractivity contribution < 1.29 is 4.74 Å². The average molecular weight is 219 g/mol. The van der Waals surface area contributed by atoms with Crippen LogP contribution in [0.4, 0.5) is 0 Å². The van der Waals surface area contributed by atoms with E-state index in [1.807, 2.05) is 25.1 Å². The van der Waals surface area contributed by atoms with Crippen molar-refractivity contribution in [2.45, 2.75) is 12.8 Å². The lowest BCUT2D eigenvalue weighted by molar-refractivity contribution is 0.340. The normalized spacial score (nSPS) is 10.1. The minimum Gasteiger partial charge on any atom is -0.492 e. The van der Waals surface area contributed by atoms with Gasteiger partial charge in [0, 0.05) is 5.56 Å². The molecule has 0 bridgehead atoms. The number of aryl methyl sites for hydroxylation is 1. The van der Waals surface area contributed by atoms with Gasteiger partial charge in [-0.3, -0.25) is 0 Å². The maximum atomic E-state index is 5.77. The molecule has 0 atom stereocenters. The van der Waals surface area contributed by atoms with Crippen molar-refractivity contribution in [1.29, 1.82) is 0 Å². The third-order valence-corrected chi connectivity index (χ3v) is 2.14. The second kappa shape index (κ2) is 5.36. The van der Waals surface area contributed by atoms with Crippen LogP contribution in [-0.2, 0) is 5.88 Å². The molecule has 72 valence electrons. The van der Waals surface area contributed by atoms with Gasteiger partial charge in [-0.2, -0.15) is 0 Å². The van der Waals surface area contributed by atoms with Crippen LogP contribution in [0, 0.1) is 6.92 Å². The topological polar surface area (TPSA) is 9.23 Å². The molecule has 3 heteroatoms. The van der Waals surface area contributed by atoms with Crippen molar-refractivity contribution in [2.75, 3.05) is 12.5 Å². The van der Waals surface area contributed by atoms with Crippen molar-refractivity contribution in [3.8, 4) is 5.75 Å². The number of hydrogen-bond donors (Lipinski definition) is 0. The summed E-state index contributed by atoms with van der Waals surface area (Å²) in [5.41, 5.74) is 2.21. The molecule has 0 fully saturated rings. The van der Waals surface area contributed by atoms with Crippen LogP contribution < -0.4 is 4.74 Å². The van der Waals surface area contributed by atoms with E-state index in [9.17, 15) is 0 Å². The molecule has 1 rings (SSSR count). The van der Waals surface area contributed by atoms with Gasteiger partial charge in [-0.15, -0.1) is 23.2 Å². The molecule has 0 unspecified atom stereocenters. The van der Waals surface area contributed by atoms with Gasteiger partial charge >= 0.3 is 0 Å². The van der Waals surface area contributed by atoms with E-state index in [0.717, 1.165) is 11.3 Å². The summed E-state index contributed by atoms with van der Waals surface area (Å²) < 4.78 is 5.42. The van der Waals surface area contributed by atoms with Crippen LogP contribution in [0.15, 0.2) is 18.2 Å². The maximum Gasteiger partial charge on any atom is 0.123 e. The van der Waals surface area contributed by atoms with Crippen LogP contribution in [0.2, 0.25) is 0 Å². The van der Waals surface area contributed by atoms with E-state index in [-0.39, 0.29) is 0 Å². The molecule has 0 aliphatic rings. The number of ether oxygens (including phenoxy) is 1. The number of alkyl halides is 2. The van der Waals surface area contributed by atoms with E-state index in [2.05, 4.69) is 0 Å². The number of rotatable bonds is 4. The quantitative estimate of drug-likeness (QED) is 0.705. The molecule has 1 nitrogen and oxygen atoms in total. The summed E-state index contributed by atoms with van der Waals surface area (Å²) in [6, 6.07) is 5.95. The van der Waals surface area contributed by atoms with Crippen LogP contribution in [0.25, 0.3) is 0 Å². The van der Waals surface area contributed by atoms with Gasteiger partial charge in [0.1, 0.15) is 12.4 Å². The molecule has 0 aromatic heterocycles. The minimum atomic E-state index is 0.472. The summed E-state index contributed by atoms with van der Waals surface area (Å²) in [6.45, 7) is 2.55. The van der Waals surface area contributed by atoms with Gasteiger partial charge in [-0.1, -0.05) is 17.7 Å². The molecule has 0 spiro atoms. The van der Waals surface area contributed by atoms with E-state index >= 15 is 0 Å². The molecule has 1 aromatic rings. The summed E-state index contributed by atoms with van der Waals surface area (Å²) >= 11 is 11.3. The Labute approximate surface area is 88.6 Å². The van der Waals surface area contributed by atoms with Crippen LogP contribution in [0.1, 0.15) is 11.1 Å². The lowest BCUT2D eigenvalue weighted by Gasteiger charge is -2.08. The van der Waals surface area contributed by atoms with Crippen molar-refractivity contribution in [3.05, 3.63) is 29.3 Å². The summed E-state index contributed by atoms with van der Waals surface area (Å²) in [6.07, 6.45) is 0. The van der Waals surface area contributed by atoms with Gasteiger partial charge in [-0.05, 0) is 13.0 Å². The van der Waals surface area contributed by atoms with Crippen molar-refractivity contribution >= 4 is 23.2 Å². The van der Waals surface area contributed by atoms with Gasteiger partial charge < -0.3 is 4.74 Å². The SMILES string of the molecule is Cc1ccc(OCCCl)c(CCl)c1. The fourth-order valence-corrected chi connectivity index (χ4v) is 1.39. The lowest BCUT2D eigenvalue weighted by Crippen LogP contribution is -2.00. The molecule has 1 aromatic carbocycles. The predicted molar refractivity (Wildman–Crippen MR) is 57.0 cm³/mol. The summed E-state index contributed by atoms with van der Waals surface area (Å²) in [5, 5.41) is 0. The van der Waals surface area contributed by atoms with Crippen LogP contribution in [0.5, 0.6) is 5.75 Å². The Morgan fingerprint density at radius 2 is 2.08 bits per heavy atom. The van der Waals surface area contributed by atoms with Crippen molar-refractivity contribution in [2.24, 2.45) is 0 Å².